The van der Waals surface area contributed by atoms with Crippen molar-refractivity contribution in [3.63, 3.8) is 0 Å². The second-order valence-electron chi connectivity index (χ2n) is 6.58. The number of rotatable bonds is 13. The molecule has 2 N–H and O–H groups in total. The first kappa shape index (κ1) is 22.0. The van der Waals surface area contributed by atoms with Gasteiger partial charge in [0.2, 0.25) is 0 Å². The second kappa shape index (κ2) is 13.0. The van der Waals surface area contributed by atoms with Gasteiger partial charge in [0.25, 0.3) is 0 Å². The molecule has 150 valence electrons. The average molecular weight is 402 g/mol. The van der Waals surface area contributed by atoms with Gasteiger partial charge in [0.15, 0.2) is 0 Å². The zero-order valence-electron chi connectivity index (χ0n) is 16.1. The van der Waals surface area contributed by atoms with Crippen LogP contribution in [-0.2, 0) is 11.2 Å². The Morgan fingerprint density at radius 1 is 1.11 bits per heavy atom. The lowest BCUT2D eigenvalue weighted by Gasteiger charge is -2.08. The molecule has 4 nitrogen and oxygen atoms in total. The fourth-order valence-electron chi connectivity index (χ4n) is 2.74. The lowest BCUT2D eigenvalue weighted by atomic mass is 10.1. The molecule has 0 aromatic heterocycles. The van der Waals surface area contributed by atoms with Crippen LogP contribution in [-0.4, -0.2) is 30.8 Å². The highest BCUT2D eigenvalue weighted by Gasteiger charge is 2.01. The first-order valence-corrected chi connectivity index (χ1v) is 10.1. The molecule has 0 amide bonds. The summed E-state index contributed by atoms with van der Waals surface area (Å²) in [6.07, 6.45) is 8.40. The van der Waals surface area contributed by atoms with Gasteiger partial charge < -0.3 is 15.2 Å². The minimum Gasteiger partial charge on any atom is -0.494 e. The molecule has 5 heteroatoms. The maximum Gasteiger partial charge on any atom is 0.304 e. The summed E-state index contributed by atoms with van der Waals surface area (Å²) in [5.41, 5.74) is 2.30. The van der Waals surface area contributed by atoms with Crippen LogP contribution in [0.1, 0.15) is 36.8 Å². The van der Waals surface area contributed by atoms with Crippen molar-refractivity contribution < 1.29 is 14.6 Å². The minimum atomic E-state index is -0.800. The number of carbonyl (C=O) groups is 1. The van der Waals surface area contributed by atoms with Crippen LogP contribution in [0.15, 0.2) is 54.6 Å². The van der Waals surface area contributed by atoms with Crippen molar-refractivity contribution in [3.05, 3.63) is 70.8 Å². The SMILES string of the molecule is O=C(O)CCNCC=Cc1ccc(OCCCCCc2ccccc2)cc1Cl. The van der Waals surface area contributed by atoms with Crippen molar-refractivity contribution in [2.24, 2.45) is 0 Å². The fourth-order valence-corrected chi connectivity index (χ4v) is 2.98. The Morgan fingerprint density at radius 2 is 1.93 bits per heavy atom. The zero-order valence-corrected chi connectivity index (χ0v) is 16.8. The van der Waals surface area contributed by atoms with Gasteiger partial charge in [-0.2, -0.15) is 0 Å². The van der Waals surface area contributed by atoms with Crippen molar-refractivity contribution in [1.82, 2.24) is 5.32 Å². The van der Waals surface area contributed by atoms with Gasteiger partial charge in [-0.05, 0) is 55.0 Å². The maximum absolute atomic E-state index is 10.4. The third-order valence-corrected chi connectivity index (χ3v) is 4.60. The van der Waals surface area contributed by atoms with Crippen LogP contribution in [0.25, 0.3) is 6.08 Å². The van der Waals surface area contributed by atoms with Gasteiger partial charge in [-0.15, -0.1) is 0 Å². The van der Waals surface area contributed by atoms with Crippen molar-refractivity contribution in [2.75, 3.05) is 19.7 Å². The number of benzene rings is 2. The molecular weight excluding hydrogens is 374 g/mol. The van der Waals surface area contributed by atoms with E-state index in [-0.39, 0.29) is 6.42 Å². The molecule has 0 saturated heterocycles. The first-order valence-electron chi connectivity index (χ1n) is 9.70. The van der Waals surface area contributed by atoms with Crippen LogP contribution in [0.5, 0.6) is 5.75 Å². The van der Waals surface area contributed by atoms with E-state index in [1.807, 2.05) is 36.4 Å². The lowest BCUT2D eigenvalue weighted by Crippen LogP contribution is -2.17. The Hall–Kier alpha value is -2.30. The van der Waals surface area contributed by atoms with Crippen LogP contribution in [0, 0.1) is 0 Å². The van der Waals surface area contributed by atoms with Gasteiger partial charge in [0.1, 0.15) is 5.75 Å². The summed E-state index contributed by atoms with van der Waals surface area (Å²) in [6, 6.07) is 16.2. The number of halogens is 1. The molecule has 0 aliphatic rings. The monoisotopic (exact) mass is 401 g/mol. The molecule has 2 aromatic rings. The number of unbranched alkanes of at least 4 members (excludes halogenated alkanes) is 2. The standard InChI is InChI=1S/C23H28ClNO3/c24-22-18-21(13-12-20(22)11-7-15-25-16-14-23(26)27)28-17-6-2-5-10-19-8-3-1-4-9-19/h1,3-4,7-9,11-13,18,25H,2,5-6,10,14-17H2,(H,26,27). The molecule has 0 spiro atoms. The quantitative estimate of drug-likeness (QED) is 0.452. The van der Waals surface area contributed by atoms with Gasteiger partial charge in [0.05, 0.1) is 18.1 Å². The Morgan fingerprint density at radius 3 is 2.68 bits per heavy atom. The largest absolute Gasteiger partial charge is 0.494 e. The third-order valence-electron chi connectivity index (χ3n) is 4.27. The molecule has 0 bridgehead atoms. The van der Waals surface area contributed by atoms with Crippen molar-refractivity contribution in [1.29, 1.82) is 0 Å². The summed E-state index contributed by atoms with van der Waals surface area (Å²) in [7, 11) is 0. The van der Waals surface area contributed by atoms with Gasteiger partial charge in [-0.1, -0.05) is 54.1 Å². The highest BCUT2D eigenvalue weighted by Crippen LogP contribution is 2.24. The van der Waals surface area contributed by atoms with Crippen LogP contribution in [0.4, 0.5) is 0 Å². The van der Waals surface area contributed by atoms with E-state index < -0.39 is 5.97 Å². The van der Waals surface area contributed by atoms with E-state index in [1.165, 1.54) is 12.0 Å². The number of hydrogen-bond donors (Lipinski definition) is 2. The number of aliphatic carboxylic acids is 1. The zero-order chi connectivity index (χ0) is 20.0. The van der Waals surface area contributed by atoms with E-state index in [0.717, 1.165) is 30.6 Å². The van der Waals surface area contributed by atoms with E-state index in [4.69, 9.17) is 21.4 Å². The third kappa shape index (κ3) is 9.07. The fraction of sp³-hybridized carbons (Fsp3) is 0.348. The Bertz CT molecular complexity index is 747. The summed E-state index contributed by atoms with van der Waals surface area (Å²) in [5.74, 6) is -0.0175. The molecule has 28 heavy (non-hydrogen) atoms. The molecule has 2 rings (SSSR count). The number of carboxylic acids is 1. The van der Waals surface area contributed by atoms with Crippen molar-refractivity contribution in [2.45, 2.75) is 32.1 Å². The van der Waals surface area contributed by atoms with Crippen LogP contribution < -0.4 is 10.1 Å². The molecule has 0 radical (unpaired) electrons. The number of aryl methyl sites for hydroxylation is 1. The summed E-state index contributed by atoms with van der Waals surface area (Å²) >= 11 is 6.31. The molecule has 0 unspecified atom stereocenters. The summed E-state index contributed by atoms with van der Waals surface area (Å²) < 4.78 is 5.80. The maximum atomic E-state index is 10.4. The Kier molecular flexibility index (Phi) is 10.2. The topological polar surface area (TPSA) is 58.6 Å². The van der Waals surface area contributed by atoms with E-state index in [1.54, 1.807) is 0 Å². The number of carboxylic acid groups (broad SMARTS) is 1. The molecule has 0 fully saturated rings. The van der Waals surface area contributed by atoms with Gasteiger partial charge >= 0.3 is 5.97 Å². The molecule has 0 heterocycles. The van der Waals surface area contributed by atoms with Gasteiger partial charge in [-0.25, -0.2) is 0 Å². The smallest absolute Gasteiger partial charge is 0.304 e. The highest BCUT2D eigenvalue weighted by molar-refractivity contribution is 6.32. The minimum absolute atomic E-state index is 0.118. The molecule has 0 atom stereocenters. The predicted octanol–water partition coefficient (Wildman–Crippen LogP) is 5.21. The second-order valence-corrected chi connectivity index (χ2v) is 6.99. The molecule has 0 saturated carbocycles. The summed E-state index contributed by atoms with van der Waals surface area (Å²) in [4.78, 5) is 10.4. The van der Waals surface area contributed by atoms with Crippen LogP contribution in [0.2, 0.25) is 5.02 Å². The number of nitrogens with one attached hydrogen (secondary N) is 1. The summed E-state index contributed by atoms with van der Waals surface area (Å²) in [6.45, 7) is 1.74. The Balaban J connectivity index is 1.62. The predicted molar refractivity (Wildman–Crippen MR) is 115 cm³/mol. The molecule has 0 aliphatic carbocycles. The van der Waals surface area contributed by atoms with E-state index in [2.05, 4.69) is 29.6 Å². The van der Waals surface area contributed by atoms with E-state index >= 15 is 0 Å². The Labute approximate surface area is 172 Å². The first-order chi connectivity index (χ1) is 13.6. The van der Waals surface area contributed by atoms with E-state index in [9.17, 15) is 4.79 Å². The molecule has 0 aliphatic heterocycles. The molecule has 2 aromatic carbocycles. The average Bonchev–Trinajstić information content (AvgIpc) is 2.69. The number of ether oxygens (including phenoxy) is 1. The van der Waals surface area contributed by atoms with Crippen molar-refractivity contribution in [3.8, 4) is 5.75 Å². The molecular formula is C23H28ClNO3. The van der Waals surface area contributed by atoms with Crippen LogP contribution >= 0.6 is 11.6 Å². The van der Waals surface area contributed by atoms with Crippen LogP contribution in [0.3, 0.4) is 0 Å². The highest BCUT2D eigenvalue weighted by atomic mass is 35.5. The number of hydrogen-bond acceptors (Lipinski definition) is 3. The summed E-state index contributed by atoms with van der Waals surface area (Å²) in [5, 5.41) is 12.3. The van der Waals surface area contributed by atoms with Gasteiger partial charge in [-0.3, -0.25) is 4.79 Å². The normalized spacial score (nSPS) is 11.0. The lowest BCUT2D eigenvalue weighted by molar-refractivity contribution is -0.136. The van der Waals surface area contributed by atoms with Crippen molar-refractivity contribution >= 4 is 23.6 Å². The van der Waals surface area contributed by atoms with Gasteiger partial charge in [0, 0.05) is 13.1 Å². The van der Waals surface area contributed by atoms with E-state index in [0.29, 0.717) is 24.7 Å².